The molecule has 0 fully saturated rings. The van der Waals surface area contributed by atoms with Gasteiger partial charge in [-0.2, -0.15) is 0 Å². The first-order chi connectivity index (χ1) is 30.0. The maximum Gasteiger partial charge on any atom is 0.408 e. The van der Waals surface area contributed by atoms with E-state index in [1.807, 2.05) is 74.5 Å². The van der Waals surface area contributed by atoms with Crippen LogP contribution in [0.2, 0.25) is 0 Å². The number of carboxylic acid groups (broad SMARTS) is 4. The predicted octanol–water partition coefficient (Wildman–Crippen LogP) is 2.68. The third-order valence-corrected chi connectivity index (χ3v) is 8.65. The van der Waals surface area contributed by atoms with Crippen molar-refractivity contribution in [1.82, 2.24) is 20.6 Å². The van der Waals surface area contributed by atoms with Crippen molar-refractivity contribution in [3.8, 4) is 0 Å². The van der Waals surface area contributed by atoms with E-state index in [-0.39, 0.29) is 18.8 Å². The van der Waals surface area contributed by atoms with Crippen LogP contribution >= 0.6 is 0 Å². The minimum absolute atomic E-state index is 0.218. The highest BCUT2D eigenvalue weighted by atomic mass is 16.6. The number of nitrogens with zero attached hydrogens (tertiary/aromatic N) is 1. The maximum absolute atomic E-state index is 11.9. The van der Waals surface area contributed by atoms with Crippen molar-refractivity contribution in [2.24, 2.45) is 28.9 Å². The number of nitrogens with two attached hydrogens (primary N) is 4. The summed E-state index contributed by atoms with van der Waals surface area (Å²) < 4.78 is 10.3. The van der Waals surface area contributed by atoms with Crippen molar-refractivity contribution in [1.29, 1.82) is 0 Å². The lowest BCUT2D eigenvalue weighted by Crippen LogP contribution is -2.44. The molecule has 20 nitrogen and oxygen atoms in total. The quantitative estimate of drug-likeness (QED) is 0.0510. The molecule has 20 heteroatoms. The number of H-pyrrole nitrogens is 1. The lowest BCUT2D eigenvalue weighted by molar-refractivity contribution is -0.156. The van der Waals surface area contributed by atoms with E-state index >= 15 is 0 Å². The average Bonchev–Trinajstić information content (AvgIpc) is 3.73. The van der Waals surface area contributed by atoms with E-state index in [4.69, 9.17) is 52.8 Å². The summed E-state index contributed by atoms with van der Waals surface area (Å²) in [7, 11) is 1.62. The number of carbonyl (C=O) groups excluding carboxylic acids is 2. The highest BCUT2D eigenvalue weighted by Gasteiger charge is 2.28. The molecule has 1 heterocycles. The van der Waals surface area contributed by atoms with Gasteiger partial charge in [-0.25, -0.2) is 14.6 Å². The van der Waals surface area contributed by atoms with E-state index in [1.54, 1.807) is 34.0 Å². The molecule has 3 aromatic rings. The van der Waals surface area contributed by atoms with E-state index < -0.39 is 77.9 Å². The number of aromatic nitrogens is 2. The SMILES string of the molecule is CC(C)(C)OC(=O)N[C@@H](Cc1ccccc1)C(=O)O.CC(C)C[C@H](N)[C@H](CC(=O)O)OC(=O)[C@@H](N)CCCCN.CN[C@@H](Cc1cnc[nH]1)C(=O)O.N[C@@H](Cc1ccccc1)C(=O)O. The minimum Gasteiger partial charge on any atom is -0.481 e. The molecular weight excluding hydrogens is 833 g/mol. The van der Waals surface area contributed by atoms with Crippen LogP contribution in [-0.2, 0) is 52.7 Å². The highest BCUT2D eigenvalue weighted by molar-refractivity contribution is 5.80. The summed E-state index contributed by atoms with van der Waals surface area (Å²) >= 11 is 0. The van der Waals surface area contributed by atoms with Gasteiger partial charge in [0.25, 0.3) is 0 Å². The summed E-state index contributed by atoms with van der Waals surface area (Å²) in [6.45, 7) is 9.65. The Labute approximate surface area is 374 Å². The number of nitrogens with one attached hydrogen (secondary N) is 3. The first-order valence-electron chi connectivity index (χ1n) is 20.8. The number of rotatable bonds is 22. The Kier molecular flexibility index (Phi) is 28.9. The van der Waals surface area contributed by atoms with Crippen LogP contribution in [0.4, 0.5) is 4.79 Å². The first kappa shape index (κ1) is 58.1. The van der Waals surface area contributed by atoms with Crippen molar-refractivity contribution in [3.05, 3.63) is 90.0 Å². The number of amides is 1. The van der Waals surface area contributed by atoms with Crippen LogP contribution in [-0.4, -0.2) is 122 Å². The van der Waals surface area contributed by atoms with Crippen LogP contribution in [0.15, 0.2) is 73.2 Å². The molecule has 15 N–H and O–H groups in total. The molecule has 64 heavy (non-hydrogen) atoms. The number of aromatic amines is 1. The molecule has 0 aliphatic carbocycles. The Bertz CT molecular complexity index is 1780. The Balaban J connectivity index is 0.000000850. The Hall–Kier alpha value is -5.93. The second-order valence-electron chi connectivity index (χ2n) is 16.1. The topological polar surface area (TPSA) is 359 Å². The number of alkyl carbamates (subject to hydrolysis) is 1. The Morgan fingerprint density at radius 1 is 0.766 bits per heavy atom. The van der Waals surface area contributed by atoms with E-state index in [0.717, 1.165) is 29.7 Å². The number of ether oxygens (including phenoxy) is 2. The lowest BCUT2D eigenvalue weighted by Gasteiger charge is -2.25. The Morgan fingerprint density at radius 2 is 1.31 bits per heavy atom. The largest absolute Gasteiger partial charge is 0.481 e. The second kappa shape index (κ2) is 31.8. The van der Waals surface area contributed by atoms with Gasteiger partial charge in [0.2, 0.25) is 0 Å². The minimum atomic E-state index is -1.09. The normalized spacial score (nSPS) is 13.5. The molecule has 6 atom stereocenters. The Morgan fingerprint density at radius 3 is 1.73 bits per heavy atom. The van der Waals surface area contributed by atoms with Gasteiger partial charge in [-0.15, -0.1) is 0 Å². The zero-order valence-corrected chi connectivity index (χ0v) is 37.6. The summed E-state index contributed by atoms with van der Waals surface area (Å²) in [5.74, 6) is -4.27. The fourth-order valence-corrected chi connectivity index (χ4v) is 5.40. The molecule has 0 aliphatic heterocycles. The van der Waals surface area contributed by atoms with Crippen molar-refractivity contribution in [3.63, 3.8) is 0 Å². The van der Waals surface area contributed by atoms with Gasteiger partial charge in [0.15, 0.2) is 0 Å². The number of carboxylic acids is 4. The smallest absolute Gasteiger partial charge is 0.408 e. The molecular formula is C44H70N8O12. The average molecular weight is 903 g/mol. The molecule has 0 unspecified atom stereocenters. The molecule has 0 radical (unpaired) electrons. The molecule has 0 aliphatic rings. The number of hydrogen-bond acceptors (Lipinski definition) is 14. The molecule has 0 saturated heterocycles. The van der Waals surface area contributed by atoms with Crippen LogP contribution < -0.4 is 33.6 Å². The number of benzene rings is 2. The standard InChI is InChI=1S/C14H29N3O4.C14H19NO4.C9H11NO2.C7H11N3O2/c1-9(2)7-11(17)12(8-13(18)19)21-14(20)10(16)5-3-4-6-15;1-14(2,3)19-13(18)15-11(12(16)17)9-10-7-5-4-6-8-10;10-8(9(11)12)6-7-4-2-1-3-5-7;1-8-6(7(11)12)2-5-3-9-4-10-5/h9-12H,3-8,15-17H2,1-2H3,(H,18,19);4-8,11H,9H2,1-3H3,(H,15,18)(H,16,17);1-5,8H,6,10H2,(H,11,12);3-4,6,8H,2H2,1H3,(H,9,10)(H,11,12)/t10-,11-,12-;11-;8-;6-/m0000/s1. The second-order valence-corrected chi connectivity index (χ2v) is 16.1. The van der Waals surface area contributed by atoms with Gasteiger partial charge in [0, 0.05) is 30.8 Å². The zero-order valence-electron chi connectivity index (χ0n) is 37.6. The fourth-order valence-electron chi connectivity index (χ4n) is 5.40. The van der Waals surface area contributed by atoms with E-state index in [0.29, 0.717) is 32.2 Å². The van der Waals surface area contributed by atoms with Crippen LogP contribution in [0.25, 0.3) is 0 Å². The first-order valence-corrected chi connectivity index (χ1v) is 20.8. The van der Waals surface area contributed by atoms with Gasteiger partial charge >= 0.3 is 35.9 Å². The molecule has 358 valence electrons. The summed E-state index contributed by atoms with van der Waals surface area (Å²) in [5, 5.41) is 40.3. The van der Waals surface area contributed by atoms with Crippen molar-refractivity contribution in [2.75, 3.05) is 13.6 Å². The fraction of sp³-hybridized carbons (Fsp3) is 0.523. The van der Waals surface area contributed by atoms with Gasteiger partial charge in [0.1, 0.15) is 35.9 Å². The van der Waals surface area contributed by atoms with Gasteiger partial charge < -0.3 is 68.5 Å². The zero-order chi connectivity index (χ0) is 48.8. The monoisotopic (exact) mass is 903 g/mol. The van der Waals surface area contributed by atoms with Crippen LogP contribution in [0, 0.1) is 5.92 Å². The maximum atomic E-state index is 11.9. The lowest BCUT2D eigenvalue weighted by atomic mass is 9.98. The van der Waals surface area contributed by atoms with Crippen molar-refractivity contribution in [2.45, 2.75) is 128 Å². The van der Waals surface area contributed by atoms with Gasteiger partial charge in [-0.1, -0.05) is 80.9 Å². The number of carbonyl (C=O) groups is 6. The van der Waals surface area contributed by atoms with Crippen LogP contribution in [0.1, 0.15) is 83.5 Å². The van der Waals surface area contributed by atoms with E-state index in [2.05, 4.69) is 20.6 Å². The molecule has 0 saturated carbocycles. The molecule has 0 spiro atoms. The predicted molar refractivity (Wildman–Crippen MR) is 240 cm³/mol. The summed E-state index contributed by atoms with van der Waals surface area (Å²) in [4.78, 5) is 73.0. The van der Waals surface area contributed by atoms with Crippen molar-refractivity contribution >= 4 is 35.9 Å². The van der Waals surface area contributed by atoms with E-state index in [9.17, 15) is 28.8 Å². The van der Waals surface area contributed by atoms with E-state index in [1.165, 1.54) is 6.33 Å². The molecule has 1 amide bonds. The van der Waals surface area contributed by atoms with Crippen LogP contribution in [0.3, 0.4) is 0 Å². The number of hydrogen-bond donors (Lipinski definition) is 11. The molecule has 1 aromatic heterocycles. The highest BCUT2D eigenvalue weighted by Crippen LogP contribution is 2.14. The molecule has 3 rings (SSSR count). The molecule has 2 aromatic carbocycles. The van der Waals surface area contributed by atoms with Gasteiger partial charge in [-0.05, 0) is 77.1 Å². The summed E-state index contributed by atoms with van der Waals surface area (Å²) in [6.07, 6.45) is 4.85. The number of likely N-dealkylation sites (N-methyl/N-ethyl adjacent to an activating group) is 1. The van der Waals surface area contributed by atoms with Gasteiger partial charge in [-0.3, -0.25) is 19.2 Å². The summed E-state index contributed by atoms with van der Waals surface area (Å²) in [6, 6.07) is 14.8. The van der Waals surface area contributed by atoms with Crippen molar-refractivity contribution < 1.29 is 58.7 Å². The molecule has 0 bridgehead atoms. The number of imidazole rings is 1. The summed E-state index contributed by atoms with van der Waals surface area (Å²) in [5.41, 5.74) is 24.4. The van der Waals surface area contributed by atoms with Crippen LogP contribution in [0.5, 0.6) is 0 Å². The van der Waals surface area contributed by atoms with Gasteiger partial charge in [0.05, 0.1) is 12.7 Å². The number of unbranched alkanes of at least 4 members (excludes halogenated alkanes) is 1. The third-order valence-electron chi connectivity index (χ3n) is 8.65. The number of esters is 1. The third kappa shape index (κ3) is 28.6. The number of aliphatic carboxylic acids is 4.